The number of primary sulfonamides is 1. The summed E-state index contributed by atoms with van der Waals surface area (Å²) in [6.07, 6.45) is 2.46. The maximum atomic E-state index is 11.5. The summed E-state index contributed by atoms with van der Waals surface area (Å²) in [6.45, 7) is 1.51. The van der Waals surface area contributed by atoms with E-state index in [4.69, 9.17) is 5.14 Å². The summed E-state index contributed by atoms with van der Waals surface area (Å²) in [6, 6.07) is 1.61. The van der Waals surface area contributed by atoms with Crippen LogP contribution in [0.2, 0.25) is 0 Å². The van der Waals surface area contributed by atoms with E-state index in [9.17, 15) is 28.7 Å². The Morgan fingerprint density at radius 2 is 2.04 bits per heavy atom. The van der Waals surface area contributed by atoms with Crippen molar-refractivity contribution in [3.8, 4) is 0 Å². The number of halogens is 1. The number of nitrogens with two attached hydrogens (primary N) is 1. The number of hydrogen-bond donors (Lipinski definition) is 4. The van der Waals surface area contributed by atoms with E-state index in [-0.39, 0.29) is 27.6 Å². The third-order valence-corrected chi connectivity index (χ3v) is 6.29. The van der Waals surface area contributed by atoms with E-state index in [1.54, 1.807) is 6.92 Å². The molecule has 0 aromatic heterocycles. The third-order valence-electron chi connectivity index (χ3n) is 4.77. The van der Waals surface area contributed by atoms with Crippen molar-refractivity contribution in [3.05, 3.63) is 26.7 Å². The van der Waals surface area contributed by atoms with Crippen LogP contribution in [0.5, 0.6) is 0 Å². The minimum absolute atomic E-state index is 0.0182. The second kappa shape index (κ2) is 7.77. The predicted octanol–water partition coefficient (Wildman–Crippen LogP) is 1.72. The lowest BCUT2D eigenvalue weighted by Crippen LogP contribution is -2.39. The number of benzene rings is 1. The van der Waals surface area contributed by atoms with Crippen LogP contribution < -0.4 is 10.5 Å². The minimum Gasteiger partial charge on any atom is -0.394 e. The molecule has 0 spiro atoms. The lowest BCUT2D eigenvalue weighted by molar-refractivity contribution is -0.384. The molecule has 0 saturated heterocycles. The van der Waals surface area contributed by atoms with Crippen molar-refractivity contribution in [2.45, 2.75) is 49.1 Å². The number of nitrogens with zero attached hydrogens (tertiary/aromatic N) is 1. The van der Waals surface area contributed by atoms with Crippen LogP contribution in [0.3, 0.4) is 0 Å². The number of rotatable bonds is 6. The average molecular weight is 452 g/mol. The number of nitro groups is 1. The molecule has 0 heterocycles. The predicted molar refractivity (Wildman–Crippen MR) is 99.2 cm³/mol. The largest absolute Gasteiger partial charge is 0.394 e. The first-order chi connectivity index (χ1) is 11.9. The number of nitrogens with one attached hydrogen (secondary N) is 1. The van der Waals surface area contributed by atoms with Crippen LogP contribution in [-0.2, 0) is 10.0 Å². The van der Waals surface area contributed by atoms with E-state index in [0.717, 1.165) is 6.07 Å². The first kappa shape index (κ1) is 21.0. The highest BCUT2D eigenvalue weighted by Gasteiger charge is 2.34. The monoisotopic (exact) mass is 451 g/mol. The fourth-order valence-electron chi connectivity index (χ4n) is 3.18. The highest BCUT2D eigenvalue weighted by molar-refractivity contribution is 9.10. The van der Waals surface area contributed by atoms with Gasteiger partial charge < -0.3 is 15.5 Å². The van der Waals surface area contributed by atoms with E-state index in [2.05, 4.69) is 21.2 Å². The molecule has 1 fully saturated rings. The van der Waals surface area contributed by atoms with Crippen LogP contribution in [0.25, 0.3) is 0 Å². The molecular formula is C15H22BrN3O6S. The molecular weight excluding hydrogens is 430 g/mol. The molecule has 0 unspecified atom stereocenters. The summed E-state index contributed by atoms with van der Waals surface area (Å²) in [5.41, 5.74) is -1.11. The van der Waals surface area contributed by atoms with Crippen molar-refractivity contribution in [1.29, 1.82) is 0 Å². The summed E-state index contributed by atoms with van der Waals surface area (Å²) in [5, 5.41) is 39.2. The zero-order valence-corrected chi connectivity index (χ0v) is 16.6. The fraction of sp³-hybridized carbons (Fsp3) is 0.600. The van der Waals surface area contributed by atoms with Gasteiger partial charge in [-0.05, 0) is 60.5 Å². The maximum absolute atomic E-state index is 11.5. The van der Waals surface area contributed by atoms with Gasteiger partial charge in [-0.25, -0.2) is 13.6 Å². The Bertz CT molecular complexity index is 789. The van der Waals surface area contributed by atoms with E-state index in [1.807, 2.05) is 0 Å². The van der Waals surface area contributed by atoms with Crippen molar-refractivity contribution in [2.75, 3.05) is 11.9 Å². The number of aliphatic hydroxyl groups is 2. The molecule has 0 bridgehead atoms. The van der Waals surface area contributed by atoms with Gasteiger partial charge in [-0.15, -0.1) is 0 Å². The molecule has 1 aliphatic rings. The molecule has 0 radical (unpaired) electrons. The van der Waals surface area contributed by atoms with Crippen molar-refractivity contribution in [3.63, 3.8) is 0 Å². The molecule has 1 aromatic carbocycles. The first-order valence-electron chi connectivity index (χ1n) is 8.05. The zero-order valence-electron chi connectivity index (χ0n) is 14.2. The molecule has 0 amide bonds. The summed E-state index contributed by atoms with van der Waals surface area (Å²) in [4.78, 5) is 10.3. The summed E-state index contributed by atoms with van der Waals surface area (Å²) in [5.74, 6) is 0.0182. The van der Waals surface area contributed by atoms with Crippen molar-refractivity contribution < 1.29 is 23.6 Å². The second-order valence-electron chi connectivity index (χ2n) is 6.87. The summed E-state index contributed by atoms with van der Waals surface area (Å²) >= 11 is 3.15. The van der Waals surface area contributed by atoms with E-state index in [1.165, 1.54) is 6.07 Å². The average Bonchev–Trinajstić information content (AvgIpc) is 2.52. The van der Waals surface area contributed by atoms with Crippen LogP contribution in [-0.4, -0.2) is 41.8 Å². The van der Waals surface area contributed by atoms with Crippen molar-refractivity contribution in [1.82, 2.24) is 0 Å². The molecule has 1 atom stereocenters. The molecule has 0 aliphatic heterocycles. The highest BCUT2D eigenvalue weighted by Crippen LogP contribution is 2.39. The molecule has 1 saturated carbocycles. The van der Waals surface area contributed by atoms with Crippen LogP contribution in [0, 0.1) is 16.0 Å². The Labute approximate surface area is 159 Å². The van der Waals surface area contributed by atoms with Gasteiger partial charge in [0.05, 0.1) is 28.1 Å². The van der Waals surface area contributed by atoms with Gasteiger partial charge in [0.2, 0.25) is 10.0 Å². The second-order valence-corrected chi connectivity index (χ2v) is 9.28. The van der Waals surface area contributed by atoms with Crippen molar-refractivity contribution >= 4 is 37.3 Å². The van der Waals surface area contributed by atoms with Gasteiger partial charge in [0, 0.05) is 10.5 Å². The van der Waals surface area contributed by atoms with Crippen LogP contribution in [0.15, 0.2) is 21.5 Å². The van der Waals surface area contributed by atoms with Gasteiger partial charge in [-0.2, -0.15) is 0 Å². The fourth-order valence-corrected chi connectivity index (χ4v) is 4.46. The van der Waals surface area contributed by atoms with Gasteiger partial charge >= 0.3 is 0 Å². The molecule has 9 nitrogen and oxygen atoms in total. The highest BCUT2D eigenvalue weighted by atomic mass is 79.9. The Balaban J connectivity index is 2.33. The van der Waals surface area contributed by atoms with E-state index >= 15 is 0 Å². The summed E-state index contributed by atoms with van der Waals surface area (Å²) in [7, 11) is -4.10. The van der Waals surface area contributed by atoms with Crippen LogP contribution in [0.4, 0.5) is 11.4 Å². The number of sulfonamides is 1. The first-order valence-corrected chi connectivity index (χ1v) is 10.4. The van der Waals surface area contributed by atoms with Gasteiger partial charge in [0.1, 0.15) is 5.69 Å². The normalized spacial score (nSPS) is 24.9. The van der Waals surface area contributed by atoms with Gasteiger partial charge in [-0.3, -0.25) is 10.1 Å². The quantitative estimate of drug-likeness (QED) is 0.378. The molecule has 2 rings (SSSR count). The van der Waals surface area contributed by atoms with Crippen LogP contribution >= 0.6 is 15.9 Å². The third kappa shape index (κ3) is 4.92. The molecule has 1 aromatic rings. The summed E-state index contributed by atoms with van der Waals surface area (Å²) < 4.78 is 23.2. The Morgan fingerprint density at radius 3 is 2.50 bits per heavy atom. The van der Waals surface area contributed by atoms with Gasteiger partial charge in [-0.1, -0.05) is 0 Å². The lowest BCUT2D eigenvalue weighted by Gasteiger charge is -2.37. The number of nitro benzene ring substituents is 1. The Kier molecular flexibility index (Phi) is 6.28. The van der Waals surface area contributed by atoms with E-state index in [0.29, 0.717) is 25.7 Å². The lowest BCUT2D eigenvalue weighted by atomic mass is 9.77. The standard InChI is InChI=1S/C15H22BrN3O6S/c1-15(21)4-2-9(3-5-15)12(8-20)18-14-11(16)6-10(26(17,24)25)7-13(14)19(22)23/h6-7,9,12,18,20-21H,2-5,8H2,1H3,(H2,17,24,25)/t9?,12-,15?/m1/s1. The molecule has 5 N–H and O–H groups in total. The Hall–Kier alpha value is -1.27. The SMILES string of the molecule is CC1(O)CCC([C@@H](CO)Nc2c(Br)cc(S(N)(=O)=O)cc2[N+](=O)[O-])CC1. The van der Waals surface area contributed by atoms with Gasteiger partial charge in [0.25, 0.3) is 5.69 Å². The molecule has 26 heavy (non-hydrogen) atoms. The molecule has 1 aliphatic carbocycles. The number of aliphatic hydroxyl groups excluding tert-OH is 1. The van der Waals surface area contributed by atoms with E-state index < -0.39 is 32.3 Å². The maximum Gasteiger partial charge on any atom is 0.294 e. The number of hydrogen-bond acceptors (Lipinski definition) is 7. The Morgan fingerprint density at radius 1 is 1.46 bits per heavy atom. The topological polar surface area (TPSA) is 156 Å². The van der Waals surface area contributed by atoms with Crippen LogP contribution in [0.1, 0.15) is 32.6 Å². The zero-order chi connectivity index (χ0) is 19.7. The molecule has 146 valence electrons. The minimum atomic E-state index is -4.10. The smallest absolute Gasteiger partial charge is 0.294 e. The number of anilines is 1. The van der Waals surface area contributed by atoms with Crippen molar-refractivity contribution in [2.24, 2.45) is 11.1 Å². The van der Waals surface area contributed by atoms with Gasteiger partial charge in [0.15, 0.2) is 0 Å². The molecule has 11 heteroatoms.